The third-order valence-corrected chi connectivity index (χ3v) is 6.67. The molecular formula is C21H25N9O3S. The van der Waals surface area contributed by atoms with E-state index < -0.39 is 10.0 Å². The van der Waals surface area contributed by atoms with Crippen molar-refractivity contribution in [2.24, 2.45) is 5.14 Å². The van der Waals surface area contributed by atoms with Crippen LogP contribution < -0.4 is 21.1 Å². The van der Waals surface area contributed by atoms with Crippen molar-refractivity contribution in [1.29, 1.82) is 0 Å². The number of fused-ring (bicyclic) bond motifs is 1. The molecule has 0 spiro atoms. The quantitative estimate of drug-likeness (QED) is 0.344. The first-order valence-corrected chi connectivity index (χ1v) is 12.3. The number of furan rings is 1. The van der Waals surface area contributed by atoms with Crippen LogP contribution in [0.3, 0.4) is 0 Å². The normalized spacial score (nSPS) is 15.1. The van der Waals surface area contributed by atoms with E-state index in [1.807, 2.05) is 6.07 Å². The number of primary sulfonamides is 1. The Morgan fingerprint density at radius 2 is 1.82 bits per heavy atom. The van der Waals surface area contributed by atoms with Gasteiger partial charge in [-0.25, -0.2) is 13.6 Å². The minimum absolute atomic E-state index is 0.120. The zero-order chi connectivity index (χ0) is 23.7. The van der Waals surface area contributed by atoms with Gasteiger partial charge in [0.1, 0.15) is 5.69 Å². The summed E-state index contributed by atoms with van der Waals surface area (Å²) >= 11 is 0. The lowest BCUT2D eigenvalue weighted by Crippen LogP contribution is -2.47. The predicted molar refractivity (Wildman–Crippen MR) is 128 cm³/mol. The average Bonchev–Trinajstić information content (AvgIpc) is 3.49. The van der Waals surface area contributed by atoms with Gasteiger partial charge in [0.15, 0.2) is 11.4 Å². The molecule has 178 valence electrons. The van der Waals surface area contributed by atoms with Crippen molar-refractivity contribution in [1.82, 2.24) is 24.5 Å². The monoisotopic (exact) mass is 483 g/mol. The van der Waals surface area contributed by atoms with Crippen molar-refractivity contribution in [2.45, 2.75) is 4.90 Å². The Morgan fingerprint density at radius 3 is 2.50 bits per heavy atom. The number of sulfonamides is 1. The molecule has 1 fully saturated rings. The summed E-state index contributed by atoms with van der Waals surface area (Å²) in [7, 11) is -3.68. The van der Waals surface area contributed by atoms with Gasteiger partial charge < -0.3 is 20.4 Å². The third-order valence-electron chi connectivity index (χ3n) is 5.74. The maximum atomic E-state index is 11.4. The van der Waals surface area contributed by atoms with E-state index in [2.05, 4.69) is 30.2 Å². The summed E-state index contributed by atoms with van der Waals surface area (Å²) in [5.41, 5.74) is 8.27. The fourth-order valence-electron chi connectivity index (χ4n) is 3.93. The number of piperazine rings is 1. The summed E-state index contributed by atoms with van der Waals surface area (Å²) < 4.78 is 29.7. The van der Waals surface area contributed by atoms with Gasteiger partial charge in [0.2, 0.25) is 21.9 Å². The highest BCUT2D eigenvalue weighted by Crippen LogP contribution is 2.21. The molecule has 0 unspecified atom stereocenters. The number of hydrogen-bond donors (Lipinski definition) is 3. The third kappa shape index (κ3) is 4.66. The summed E-state index contributed by atoms with van der Waals surface area (Å²) in [5.74, 6) is 1.33. The Bertz CT molecular complexity index is 1380. The van der Waals surface area contributed by atoms with Gasteiger partial charge in [0.05, 0.1) is 11.2 Å². The largest absolute Gasteiger partial charge is 0.463 e. The Morgan fingerprint density at radius 1 is 1.06 bits per heavy atom. The maximum absolute atomic E-state index is 11.4. The molecule has 5 N–H and O–H groups in total. The lowest BCUT2D eigenvalue weighted by Gasteiger charge is -2.36. The van der Waals surface area contributed by atoms with Crippen molar-refractivity contribution >= 4 is 33.3 Å². The van der Waals surface area contributed by atoms with Crippen LogP contribution >= 0.6 is 0 Å². The number of nitrogens with one attached hydrogen (secondary N) is 1. The number of hydrogen-bond acceptors (Lipinski definition) is 10. The first-order valence-electron chi connectivity index (χ1n) is 10.8. The van der Waals surface area contributed by atoms with Crippen LogP contribution in [0.25, 0.3) is 17.1 Å². The molecule has 5 rings (SSSR count). The number of benzene rings is 1. The first-order chi connectivity index (χ1) is 16.4. The van der Waals surface area contributed by atoms with E-state index in [0.717, 1.165) is 38.4 Å². The summed E-state index contributed by atoms with van der Waals surface area (Å²) in [6, 6.07) is 12.1. The van der Waals surface area contributed by atoms with Crippen LogP contribution in [0.5, 0.6) is 0 Å². The lowest BCUT2D eigenvalue weighted by molar-refractivity contribution is 0.267. The molecule has 0 saturated carbocycles. The van der Waals surface area contributed by atoms with E-state index in [0.29, 0.717) is 29.6 Å². The number of nitrogens with zero attached hydrogens (tertiary/aromatic N) is 6. The number of nitrogen functional groups attached to an aromatic ring is 1. The number of anilines is 3. The van der Waals surface area contributed by atoms with Crippen molar-refractivity contribution in [2.75, 3.05) is 55.2 Å². The zero-order valence-electron chi connectivity index (χ0n) is 18.3. The fourth-order valence-corrected chi connectivity index (χ4v) is 4.45. The number of nitrogens with two attached hydrogens (primary N) is 2. The molecule has 1 aromatic carbocycles. The molecule has 0 bridgehead atoms. The van der Waals surface area contributed by atoms with Crippen molar-refractivity contribution in [3.05, 3.63) is 48.7 Å². The fraction of sp³-hybridized carbons (Fsp3) is 0.286. The Kier molecular flexibility index (Phi) is 5.81. The SMILES string of the molecule is Nc1nc(NCCN2CCN(c3ccc(S(N)(=O)=O)cc3)CC2)nc2cc(-c3ccco3)nn12. The highest BCUT2D eigenvalue weighted by Gasteiger charge is 2.18. The molecule has 1 aliphatic rings. The highest BCUT2D eigenvalue weighted by atomic mass is 32.2. The minimum atomic E-state index is -3.68. The molecule has 0 radical (unpaired) electrons. The van der Waals surface area contributed by atoms with Gasteiger partial charge in [-0.1, -0.05) is 0 Å². The average molecular weight is 484 g/mol. The predicted octanol–water partition coefficient (Wildman–Crippen LogP) is 0.848. The molecule has 3 aromatic heterocycles. The summed E-state index contributed by atoms with van der Waals surface area (Å²) in [6.07, 6.45) is 1.59. The smallest absolute Gasteiger partial charge is 0.238 e. The van der Waals surface area contributed by atoms with Crippen LogP contribution in [-0.4, -0.2) is 72.2 Å². The number of rotatable bonds is 7. The Labute approximate surface area is 196 Å². The summed E-state index contributed by atoms with van der Waals surface area (Å²) in [5, 5.41) is 12.8. The molecule has 1 saturated heterocycles. The van der Waals surface area contributed by atoms with Crippen molar-refractivity contribution in [3.8, 4) is 11.5 Å². The van der Waals surface area contributed by atoms with E-state index in [1.165, 1.54) is 4.52 Å². The number of aromatic nitrogens is 4. The van der Waals surface area contributed by atoms with Gasteiger partial charge >= 0.3 is 0 Å². The van der Waals surface area contributed by atoms with Gasteiger partial charge in [-0.05, 0) is 36.4 Å². The van der Waals surface area contributed by atoms with Crippen molar-refractivity contribution < 1.29 is 12.8 Å². The zero-order valence-corrected chi connectivity index (χ0v) is 19.1. The van der Waals surface area contributed by atoms with Gasteiger partial charge in [-0.3, -0.25) is 4.90 Å². The summed E-state index contributed by atoms with van der Waals surface area (Å²) in [4.78, 5) is 13.5. The van der Waals surface area contributed by atoms with Crippen LogP contribution in [0, 0.1) is 0 Å². The molecule has 1 aliphatic heterocycles. The second-order valence-corrected chi connectivity index (χ2v) is 9.54. The second-order valence-electron chi connectivity index (χ2n) is 7.98. The molecule has 4 heterocycles. The standard InChI is InChI=1S/C21H25N9O3S/c22-20-26-21(25-19-14-17(27-30(19)20)18-2-1-13-33-18)24-7-8-28-9-11-29(12-10-28)15-3-5-16(6-4-15)34(23,31)32/h1-6,13-14H,7-12H2,(H2,23,31,32)(H3,22,24,25,26). The molecule has 0 amide bonds. The van der Waals surface area contributed by atoms with Gasteiger partial charge in [-0.2, -0.15) is 19.6 Å². The topological polar surface area (TPSA) is 161 Å². The minimum Gasteiger partial charge on any atom is -0.463 e. The Hall–Kier alpha value is -3.68. The van der Waals surface area contributed by atoms with Crippen LogP contribution in [0.2, 0.25) is 0 Å². The Balaban J connectivity index is 1.14. The molecule has 12 nitrogen and oxygen atoms in total. The van der Waals surface area contributed by atoms with E-state index >= 15 is 0 Å². The van der Waals surface area contributed by atoms with E-state index in [1.54, 1.807) is 42.7 Å². The molecule has 0 aliphatic carbocycles. The van der Waals surface area contributed by atoms with E-state index in [-0.39, 0.29) is 10.8 Å². The van der Waals surface area contributed by atoms with Crippen molar-refractivity contribution in [3.63, 3.8) is 0 Å². The molecule has 13 heteroatoms. The summed E-state index contributed by atoms with van der Waals surface area (Å²) in [6.45, 7) is 4.94. The maximum Gasteiger partial charge on any atom is 0.238 e. The lowest BCUT2D eigenvalue weighted by atomic mass is 10.2. The van der Waals surface area contributed by atoms with Gasteiger partial charge in [-0.15, -0.1) is 0 Å². The van der Waals surface area contributed by atoms with E-state index in [9.17, 15) is 8.42 Å². The second kappa shape index (κ2) is 8.93. The molecule has 4 aromatic rings. The van der Waals surface area contributed by atoms with Crippen LogP contribution in [0.15, 0.2) is 58.0 Å². The van der Waals surface area contributed by atoms with Gasteiger partial charge in [0, 0.05) is 51.0 Å². The first kappa shape index (κ1) is 22.1. The van der Waals surface area contributed by atoms with Crippen LogP contribution in [0.1, 0.15) is 0 Å². The highest BCUT2D eigenvalue weighted by molar-refractivity contribution is 7.89. The van der Waals surface area contributed by atoms with E-state index in [4.69, 9.17) is 15.3 Å². The van der Waals surface area contributed by atoms with Crippen LogP contribution in [-0.2, 0) is 10.0 Å². The van der Waals surface area contributed by atoms with Gasteiger partial charge in [0.25, 0.3) is 0 Å². The molecule has 34 heavy (non-hydrogen) atoms. The molecule has 0 atom stereocenters. The molecular weight excluding hydrogens is 458 g/mol. The van der Waals surface area contributed by atoms with Crippen LogP contribution in [0.4, 0.5) is 17.6 Å².